The number of methoxy groups -OCH3 is 1. The maximum absolute atomic E-state index is 13.8. The summed E-state index contributed by atoms with van der Waals surface area (Å²) in [5.41, 5.74) is 4.51. The summed E-state index contributed by atoms with van der Waals surface area (Å²) in [6.07, 6.45) is 1.84. The molecule has 1 aromatic heterocycles. The van der Waals surface area contributed by atoms with Crippen molar-refractivity contribution < 1.29 is 14.3 Å². The van der Waals surface area contributed by atoms with Crippen molar-refractivity contribution in [2.45, 2.75) is 40.7 Å². The van der Waals surface area contributed by atoms with Crippen LogP contribution >= 0.6 is 11.3 Å². The van der Waals surface area contributed by atoms with Crippen molar-refractivity contribution in [1.82, 2.24) is 4.57 Å². The molecule has 0 amide bonds. The standard InChI is InChI=1S/C29H33N3O4S/c1-7-31(8-2)22-15-14-21(23(17-22)35-6)16-24-27(33)32-26(20-12-10-18(4)11-13-20)25(28(34)36-9-3)19(5)30-29(32)37-24/h10-17,26H,7-9H2,1-6H3/b24-16+/t26-/m0/s1. The molecule has 1 aliphatic heterocycles. The van der Waals surface area contributed by atoms with E-state index in [2.05, 4.69) is 23.7 Å². The second-order valence-electron chi connectivity index (χ2n) is 8.81. The van der Waals surface area contributed by atoms with Crippen LogP contribution in [0.5, 0.6) is 5.75 Å². The van der Waals surface area contributed by atoms with Gasteiger partial charge in [-0.25, -0.2) is 9.79 Å². The summed E-state index contributed by atoms with van der Waals surface area (Å²) >= 11 is 1.30. The fourth-order valence-electron chi connectivity index (χ4n) is 4.60. The maximum atomic E-state index is 13.8. The van der Waals surface area contributed by atoms with E-state index < -0.39 is 12.0 Å². The monoisotopic (exact) mass is 519 g/mol. The smallest absolute Gasteiger partial charge is 0.338 e. The number of anilines is 1. The number of benzene rings is 2. The Morgan fingerprint density at radius 3 is 2.43 bits per heavy atom. The van der Waals surface area contributed by atoms with Crippen molar-refractivity contribution in [1.29, 1.82) is 0 Å². The highest BCUT2D eigenvalue weighted by Crippen LogP contribution is 2.31. The molecule has 0 saturated carbocycles. The minimum absolute atomic E-state index is 0.210. The number of esters is 1. The third-order valence-corrected chi connectivity index (χ3v) is 7.53. The zero-order valence-electron chi connectivity index (χ0n) is 22.2. The highest BCUT2D eigenvalue weighted by Gasteiger charge is 2.33. The average molecular weight is 520 g/mol. The van der Waals surface area contributed by atoms with Gasteiger partial charge in [-0.2, -0.15) is 0 Å². The topological polar surface area (TPSA) is 73.1 Å². The summed E-state index contributed by atoms with van der Waals surface area (Å²) in [7, 11) is 1.63. The Morgan fingerprint density at radius 2 is 1.81 bits per heavy atom. The highest BCUT2D eigenvalue weighted by atomic mass is 32.1. The lowest BCUT2D eigenvalue weighted by Crippen LogP contribution is -2.39. The second kappa shape index (κ2) is 11.2. The molecule has 1 atom stereocenters. The van der Waals surface area contributed by atoms with E-state index in [0.29, 0.717) is 26.4 Å². The maximum Gasteiger partial charge on any atom is 0.338 e. The van der Waals surface area contributed by atoms with Crippen molar-refractivity contribution in [3.63, 3.8) is 0 Å². The lowest BCUT2D eigenvalue weighted by atomic mass is 9.95. The Kier molecular flexibility index (Phi) is 7.97. The number of nitrogens with zero attached hydrogens (tertiary/aromatic N) is 3. The molecule has 0 N–H and O–H groups in total. The van der Waals surface area contributed by atoms with Crippen molar-refractivity contribution in [3.05, 3.63) is 90.1 Å². The molecule has 0 saturated heterocycles. The van der Waals surface area contributed by atoms with Gasteiger partial charge in [-0.3, -0.25) is 9.36 Å². The van der Waals surface area contributed by atoms with Gasteiger partial charge in [-0.15, -0.1) is 0 Å². The molecule has 0 bridgehead atoms. The minimum Gasteiger partial charge on any atom is -0.496 e. The number of ether oxygens (including phenoxy) is 2. The second-order valence-corrected chi connectivity index (χ2v) is 9.82. The van der Waals surface area contributed by atoms with Gasteiger partial charge < -0.3 is 14.4 Å². The number of aryl methyl sites for hydroxylation is 1. The van der Waals surface area contributed by atoms with Crippen molar-refractivity contribution in [2.24, 2.45) is 4.99 Å². The lowest BCUT2D eigenvalue weighted by molar-refractivity contribution is -0.139. The summed E-state index contributed by atoms with van der Waals surface area (Å²) in [5, 5.41) is 0. The van der Waals surface area contributed by atoms with Crippen molar-refractivity contribution in [3.8, 4) is 5.75 Å². The van der Waals surface area contributed by atoms with Gasteiger partial charge in [0.15, 0.2) is 4.80 Å². The lowest BCUT2D eigenvalue weighted by Gasteiger charge is -2.24. The molecule has 0 fully saturated rings. The first-order valence-corrected chi connectivity index (χ1v) is 13.3. The molecule has 0 unspecified atom stereocenters. The zero-order valence-corrected chi connectivity index (χ0v) is 23.0. The molecule has 37 heavy (non-hydrogen) atoms. The summed E-state index contributed by atoms with van der Waals surface area (Å²) in [6, 6.07) is 13.2. The third kappa shape index (κ3) is 5.11. The fraction of sp³-hybridized carbons (Fsp3) is 0.345. The molecule has 8 heteroatoms. The fourth-order valence-corrected chi connectivity index (χ4v) is 5.64. The van der Waals surface area contributed by atoms with E-state index in [-0.39, 0.29) is 12.2 Å². The first-order chi connectivity index (χ1) is 17.8. The van der Waals surface area contributed by atoms with Crippen molar-refractivity contribution in [2.75, 3.05) is 31.7 Å². The van der Waals surface area contributed by atoms with Gasteiger partial charge in [0.2, 0.25) is 0 Å². The number of hydrogen-bond acceptors (Lipinski definition) is 7. The molecule has 194 valence electrons. The molecule has 0 radical (unpaired) electrons. The summed E-state index contributed by atoms with van der Waals surface area (Å²) in [6.45, 7) is 11.8. The van der Waals surface area contributed by atoms with E-state index in [1.807, 2.05) is 55.5 Å². The van der Waals surface area contributed by atoms with Crippen LogP contribution in [0, 0.1) is 6.92 Å². The molecule has 7 nitrogen and oxygen atoms in total. The molecule has 3 aromatic rings. The molecular formula is C29H33N3O4S. The first kappa shape index (κ1) is 26.4. The number of allylic oxidation sites excluding steroid dienone is 1. The predicted molar refractivity (Wildman–Crippen MR) is 148 cm³/mol. The number of aromatic nitrogens is 1. The van der Waals surface area contributed by atoms with E-state index >= 15 is 0 Å². The van der Waals surface area contributed by atoms with E-state index in [1.54, 1.807) is 25.5 Å². The van der Waals surface area contributed by atoms with Crippen LogP contribution in [0.1, 0.15) is 50.4 Å². The molecule has 2 heterocycles. The van der Waals surface area contributed by atoms with E-state index in [1.165, 1.54) is 11.3 Å². The van der Waals surface area contributed by atoms with Crippen molar-refractivity contribution >= 4 is 29.1 Å². The zero-order chi connectivity index (χ0) is 26.7. The van der Waals surface area contributed by atoms with Gasteiger partial charge in [0, 0.05) is 30.4 Å². The summed E-state index contributed by atoms with van der Waals surface area (Å²) < 4.78 is 13.2. The Morgan fingerprint density at radius 1 is 1.11 bits per heavy atom. The van der Waals surface area contributed by atoms with E-state index in [9.17, 15) is 9.59 Å². The minimum atomic E-state index is -0.620. The quantitative estimate of drug-likeness (QED) is 0.421. The molecule has 1 aliphatic rings. The average Bonchev–Trinajstić information content (AvgIpc) is 3.19. The van der Waals surface area contributed by atoms with Crippen LogP contribution in [-0.4, -0.2) is 37.3 Å². The summed E-state index contributed by atoms with van der Waals surface area (Å²) in [5.74, 6) is 0.228. The van der Waals surface area contributed by atoms with E-state index in [4.69, 9.17) is 9.47 Å². The van der Waals surface area contributed by atoms with Gasteiger partial charge >= 0.3 is 5.97 Å². The molecule has 4 rings (SSSR count). The van der Waals surface area contributed by atoms with Crippen LogP contribution in [0.3, 0.4) is 0 Å². The highest BCUT2D eigenvalue weighted by molar-refractivity contribution is 7.07. The van der Waals surface area contributed by atoms with Crippen LogP contribution in [0.25, 0.3) is 6.08 Å². The number of rotatable bonds is 8. The van der Waals surface area contributed by atoms with Crippen LogP contribution in [0.4, 0.5) is 5.69 Å². The third-order valence-electron chi connectivity index (χ3n) is 6.54. The van der Waals surface area contributed by atoms with Crippen LogP contribution in [-0.2, 0) is 9.53 Å². The SMILES string of the molecule is CCOC(=O)C1=C(C)N=c2s/c(=C/c3ccc(N(CC)CC)cc3OC)c(=O)n2[C@H]1c1ccc(C)cc1. The summed E-state index contributed by atoms with van der Waals surface area (Å²) in [4.78, 5) is 34.3. The first-order valence-electron chi connectivity index (χ1n) is 12.5. The van der Waals surface area contributed by atoms with E-state index in [0.717, 1.165) is 35.5 Å². The normalized spacial score (nSPS) is 15.3. The Hall–Kier alpha value is -3.65. The number of carbonyl (C=O) groups excluding carboxylic acids is 1. The largest absolute Gasteiger partial charge is 0.496 e. The van der Waals surface area contributed by atoms with Gasteiger partial charge in [0.1, 0.15) is 5.75 Å². The Bertz CT molecular complexity index is 1510. The molecule has 2 aromatic carbocycles. The van der Waals surface area contributed by atoms with Crippen LogP contribution < -0.4 is 24.5 Å². The van der Waals surface area contributed by atoms with Gasteiger partial charge in [-0.05, 0) is 58.4 Å². The number of fused-ring (bicyclic) bond motifs is 1. The number of thiazole rings is 1. The predicted octanol–water partition coefficient (Wildman–Crippen LogP) is 3.96. The molecule has 0 aliphatic carbocycles. The number of carbonyl (C=O) groups is 1. The van der Waals surface area contributed by atoms with Gasteiger partial charge in [0.25, 0.3) is 5.56 Å². The van der Waals surface area contributed by atoms with Gasteiger partial charge in [0.05, 0.1) is 35.6 Å². The Labute approximate surface area is 221 Å². The van der Waals surface area contributed by atoms with Crippen LogP contribution in [0.2, 0.25) is 0 Å². The van der Waals surface area contributed by atoms with Gasteiger partial charge in [-0.1, -0.05) is 41.2 Å². The molecular weight excluding hydrogens is 486 g/mol. The number of hydrogen-bond donors (Lipinski definition) is 0. The molecule has 0 spiro atoms. The van der Waals surface area contributed by atoms with Crippen LogP contribution in [0.15, 0.2) is 63.5 Å². The Balaban J connectivity index is 1.90.